The number of benzene rings is 1. The molecule has 2 aliphatic rings. The van der Waals surface area contributed by atoms with E-state index in [2.05, 4.69) is 39.2 Å². The number of piperidine rings is 1. The van der Waals surface area contributed by atoms with E-state index in [1.54, 1.807) is 18.4 Å². The van der Waals surface area contributed by atoms with Crippen molar-refractivity contribution < 1.29 is 9.53 Å². The zero-order chi connectivity index (χ0) is 18.0. The van der Waals surface area contributed by atoms with Crippen molar-refractivity contribution in [2.24, 2.45) is 0 Å². The SMILES string of the molecule is CNC(=O)CC1CC2(CCN(Cc3ccsc3)CC2)Oc2ccccc21. The van der Waals surface area contributed by atoms with E-state index in [0.717, 1.165) is 44.6 Å². The maximum Gasteiger partial charge on any atom is 0.220 e. The molecule has 0 bridgehead atoms. The maximum absolute atomic E-state index is 12.0. The van der Waals surface area contributed by atoms with Gasteiger partial charge in [0.25, 0.3) is 0 Å². The lowest BCUT2D eigenvalue weighted by molar-refractivity contribution is -0.121. The van der Waals surface area contributed by atoms with Crippen LogP contribution in [0.4, 0.5) is 0 Å². The Kier molecular flexibility index (Phi) is 5.00. The highest BCUT2D eigenvalue weighted by Crippen LogP contribution is 2.46. The lowest BCUT2D eigenvalue weighted by atomic mass is 9.76. The van der Waals surface area contributed by atoms with E-state index in [4.69, 9.17) is 4.74 Å². The van der Waals surface area contributed by atoms with Crippen LogP contribution >= 0.6 is 11.3 Å². The van der Waals surface area contributed by atoms with Gasteiger partial charge < -0.3 is 10.1 Å². The van der Waals surface area contributed by atoms with Crippen molar-refractivity contribution in [3.8, 4) is 5.75 Å². The molecule has 2 aromatic rings. The lowest BCUT2D eigenvalue weighted by Gasteiger charge is -2.47. The molecule has 1 fully saturated rings. The normalized spacial score (nSPS) is 21.8. The molecule has 26 heavy (non-hydrogen) atoms. The first kappa shape index (κ1) is 17.6. The predicted molar refractivity (Wildman–Crippen MR) is 105 cm³/mol. The van der Waals surface area contributed by atoms with Crippen molar-refractivity contribution in [2.45, 2.75) is 43.7 Å². The second-order valence-electron chi connectivity index (χ2n) is 7.51. The van der Waals surface area contributed by atoms with Gasteiger partial charge in [0, 0.05) is 39.0 Å². The molecule has 0 aliphatic carbocycles. The minimum Gasteiger partial charge on any atom is -0.487 e. The molecule has 138 valence electrons. The van der Waals surface area contributed by atoms with Crippen LogP contribution in [0.25, 0.3) is 0 Å². The van der Waals surface area contributed by atoms with E-state index in [9.17, 15) is 4.79 Å². The van der Waals surface area contributed by atoms with Crippen molar-refractivity contribution in [1.82, 2.24) is 10.2 Å². The Hall–Kier alpha value is -1.85. The molecule has 3 heterocycles. The van der Waals surface area contributed by atoms with Crippen LogP contribution in [0.3, 0.4) is 0 Å². The number of carbonyl (C=O) groups is 1. The van der Waals surface area contributed by atoms with Gasteiger partial charge in [-0.3, -0.25) is 9.69 Å². The van der Waals surface area contributed by atoms with Crippen molar-refractivity contribution >= 4 is 17.2 Å². The van der Waals surface area contributed by atoms with Crippen LogP contribution in [-0.4, -0.2) is 36.5 Å². The second-order valence-corrected chi connectivity index (χ2v) is 8.29. The predicted octanol–water partition coefficient (Wildman–Crippen LogP) is 3.79. The summed E-state index contributed by atoms with van der Waals surface area (Å²) in [4.78, 5) is 14.6. The Morgan fingerprint density at radius 2 is 2.12 bits per heavy atom. The third-order valence-electron chi connectivity index (χ3n) is 5.77. The quantitative estimate of drug-likeness (QED) is 0.890. The monoisotopic (exact) mass is 370 g/mol. The van der Waals surface area contributed by atoms with Gasteiger partial charge in [-0.25, -0.2) is 0 Å². The summed E-state index contributed by atoms with van der Waals surface area (Å²) in [5.74, 6) is 1.32. The Balaban J connectivity index is 1.48. The van der Waals surface area contributed by atoms with Crippen molar-refractivity contribution in [3.05, 3.63) is 52.2 Å². The molecule has 1 spiro atoms. The summed E-state index contributed by atoms with van der Waals surface area (Å²) in [7, 11) is 1.71. The Morgan fingerprint density at radius 1 is 1.31 bits per heavy atom. The topological polar surface area (TPSA) is 41.6 Å². The number of ether oxygens (including phenoxy) is 1. The molecule has 1 atom stereocenters. The van der Waals surface area contributed by atoms with Crippen molar-refractivity contribution in [1.29, 1.82) is 0 Å². The van der Waals surface area contributed by atoms with Crippen LogP contribution in [0.1, 0.15) is 42.7 Å². The van der Waals surface area contributed by atoms with Crippen LogP contribution in [0.15, 0.2) is 41.1 Å². The van der Waals surface area contributed by atoms with Gasteiger partial charge in [-0.15, -0.1) is 0 Å². The van der Waals surface area contributed by atoms with Gasteiger partial charge in [0.15, 0.2) is 0 Å². The summed E-state index contributed by atoms with van der Waals surface area (Å²) in [6, 6.07) is 10.5. The Labute approximate surface area is 159 Å². The fraction of sp³-hybridized carbons (Fsp3) is 0.476. The lowest BCUT2D eigenvalue weighted by Crippen LogP contribution is -2.50. The van der Waals surface area contributed by atoms with Crippen LogP contribution < -0.4 is 10.1 Å². The van der Waals surface area contributed by atoms with Gasteiger partial charge in [0.1, 0.15) is 11.4 Å². The summed E-state index contributed by atoms with van der Waals surface area (Å²) < 4.78 is 6.53. The van der Waals surface area contributed by atoms with E-state index >= 15 is 0 Å². The molecule has 0 radical (unpaired) electrons. The van der Waals surface area contributed by atoms with Crippen LogP contribution in [0, 0.1) is 0 Å². The number of hydrogen-bond acceptors (Lipinski definition) is 4. The third kappa shape index (κ3) is 3.64. The largest absolute Gasteiger partial charge is 0.487 e. The van der Waals surface area contributed by atoms with Crippen LogP contribution in [0.5, 0.6) is 5.75 Å². The van der Waals surface area contributed by atoms with Gasteiger partial charge in [0.05, 0.1) is 0 Å². The number of para-hydroxylation sites is 1. The Morgan fingerprint density at radius 3 is 2.85 bits per heavy atom. The third-order valence-corrected chi connectivity index (χ3v) is 6.50. The van der Waals surface area contributed by atoms with Crippen molar-refractivity contribution in [2.75, 3.05) is 20.1 Å². The molecular formula is C21H26N2O2S. The molecule has 4 nitrogen and oxygen atoms in total. The second kappa shape index (κ2) is 7.41. The van der Waals surface area contributed by atoms with Crippen LogP contribution in [0.2, 0.25) is 0 Å². The molecule has 0 saturated carbocycles. The average Bonchev–Trinajstić information content (AvgIpc) is 3.17. The highest BCUT2D eigenvalue weighted by Gasteiger charge is 2.43. The first-order valence-electron chi connectivity index (χ1n) is 9.39. The molecule has 1 amide bonds. The number of amides is 1. The fourth-order valence-corrected chi connectivity index (χ4v) is 4.98. The zero-order valence-electron chi connectivity index (χ0n) is 15.2. The summed E-state index contributed by atoms with van der Waals surface area (Å²) in [5, 5.41) is 7.16. The molecule has 1 saturated heterocycles. The maximum atomic E-state index is 12.0. The highest BCUT2D eigenvalue weighted by atomic mass is 32.1. The molecule has 1 aromatic carbocycles. The van der Waals surface area contributed by atoms with E-state index in [1.165, 1.54) is 11.1 Å². The molecule has 2 aliphatic heterocycles. The summed E-state index contributed by atoms with van der Waals surface area (Å²) in [5.41, 5.74) is 2.46. The first-order chi connectivity index (χ1) is 12.7. The number of fused-ring (bicyclic) bond motifs is 1. The van der Waals surface area contributed by atoms with E-state index in [-0.39, 0.29) is 17.4 Å². The smallest absolute Gasteiger partial charge is 0.220 e. The van der Waals surface area contributed by atoms with Crippen molar-refractivity contribution in [3.63, 3.8) is 0 Å². The first-order valence-corrected chi connectivity index (χ1v) is 10.3. The molecule has 5 heteroatoms. The molecule has 1 aromatic heterocycles. The van der Waals surface area contributed by atoms with E-state index < -0.39 is 0 Å². The van der Waals surface area contributed by atoms with Gasteiger partial charge in [0.2, 0.25) is 5.91 Å². The average molecular weight is 371 g/mol. The zero-order valence-corrected chi connectivity index (χ0v) is 16.1. The number of carbonyl (C=O) groups excluding carboxylic acids is 1. The summed E-state index contributed by atoms with van der Waals surface area (Å²) in [6.45, 7) is 3.12. The number of thiophene rings is 1. The molecule has 1 N–H and O–H groups in total. The minimum atomic E-state index is -0.127. The highest BCUT2D eigenvalue weighted by molar-refractivity contribution is 7.07. The molecule has 4 rings (SSSR count). The summed E-state index contributed by atoms with van der Waals surface area (Å²) >= 11 is 1.76. The molecule has 1 unspecified atom stereocenters. The standard InChI is InChI=1S/C21H26N2O2S/c1-22-20(24)12-17-13-21(25-19-5-3-2-4-18(17)19)7-9-23(10-8-21)14-16-6-11-26-15-16/h2-6,11,15,17H,7-10,12-14H2,1H3,(H,22,24). The Bertz CT molecular complexity index is 751. The van der Waals surface area contributed by atoms with Gasteiger partial charge in [-0.1, -0.05) is 18.2 Å². The summed E-state index contributed by atoms with van der Waals surface area (Å²) in [6.07, 6.45) is 3.52. The van der Waals surface area contributed by atoms with Gasteiger partial charge >= 0.3 is 0 Å². The number of nitrogens with zero attached hydrogens (tertiary/aromatic N) is 1. The van der Waals surface area contributed by atoms with E-state index in [1.807, 2.05) is 12.1 Å². The fourth-order valence-electron chi connectivity index (χ4n) is 4.32. The van der Waals surface area contributed by atoms with E-state index in [0.29, 0.717) is 6.42 Å². The number of nitrogens with one attached hydrogen (secondary N) is 1. The van der Waals surface area contributed by atoms with Gasteiger partial charge in [-0.05, 0) is 53.3 Å². The number of rotatable bonds is 4. The number of hydrogen-bond donors (Lipinski definition) is 1. The molecular weight excluding hydrogens is 344 g/mol. The number of likely N-dealkylation sites (tertiary alicyclic amines) is 1. The van der Waals surface area contributed by atoms with Gasteiger partial charge in [-0.2, -0.15) is 11.3 Å². The van der Waals surface area contributed by atoms with Crippen LogP contribution in [-0.2, 0) is 11.3 Å². The minimum absolute atomic E-state index is 0.108.